The van der Waals surface area contributed by atoms with E-state index in [1.54, 1.807) is 6.92 Å². The third-order valence-electron chi connectivity index (χ3n) is 2.54. The minimum atomic E-state index is -0.778. The van der Waals surface area contributed by atoms with E-state index >= 15 is 0 Å². The standard InChI is InChI=1S/C12H15FN2O4/c1-7-5-9(15(18)19)6-10(11(7)13)12(17)14-4-3-8(2)16/h5-6,8,16H,3-4H2,1-2H3,(H,14,17). The lowest BCUT2D eigenvalue weighted by atomic mass is 10.1. The number of aliphatic hydroxyl groups excluding tert-OH is 1. The maximum absolute atomic E-state index is 13.7. The van der Waals surface area contributed by atoms with E-state index in [1.807, 2.05) is 0 Å². The SMILES string of the molecule is Cc1cc([N+](=O)[O-])cc(C(=O)NCCC(C)O)c1F. The number of hydrogen-bond donors (Lipinski definition) is 2. The van der Waals surface area contributed by atoms with Crippen molar-refractivity contribution < 1.29 is 19.2 Å². The Morgan fingerprint density at radius 2 is 2.21 bits per heavy atom. The van der Waals surface area contributed by atoms with Crippen LogP contribution in [0.2, 0.25) is 0 Å². The van der Waals surface area contributed by atoms with Crippen molar-refractivity contribution in [2.45, 2.75) is 26.4 Å². The molecule has 1 rings (SSSR count). The molecule has 0 saturated heterocycles. The first-order chi connectivity index (χ1) is 8.82. The zero-order chi connectivity index (χ0) is 14.6. The number of carbonyl (C=O) groups excluding carboxylic acids is 1. The largest absolute Gasteiger partial charge is 0.393 e. The van der Waals surface area contributed by atoms with Crippen molar-refractivity contribution in [1.29, 1.82) is 0 Å². The Kier molecular flexibility index (Phi) is 4.94. The Balaban J connectivity index is 2.92. The Morgan fingerprint density at radius 1 is 1.58 bits per heavy atom. The highest BCUT2D eigenvalue weighted by Crippen LogP contribution is 2.20. The Morgan fingerprint density at radius 3 is 2.74 bits per heavy atom. The van der Waals surface area contributed by atoms with Crippen LogP contribution in [0.1, 0.15) is 29.3 Å². The van der Waals surface area contributed by atoms with Crippen molar-refractivity contribution in [2.75, 3.05) is 6.54 Å². The molecule has 104 valence electrons. The number of hydrogen-bond acceptors (Lipinski definition) is 4. The van der Waals surface area contributed by atoms with Gasteiger partial charge in [0.15, 0.2) is 0 Å². The molecule has 0 saturated carbocycles. The molecule has 1 unspecified atom stereocenters. The predicted molar refractivity (Wildman–Crippen MR) is 66.4 cm³/mol. The van der Waals surface area contributed by atoms with E-state index in [1.165, 1.54) is 6.92 Å². The number of amides is 1. The molecule has 0 aliphatic heterocycles. The topological polar surface area (TPSA) is 92.5 Å². The van der Waals surface area contributed by atoms with Crippen LogP contribution in [0.3, 0.4) is 0 Å². The van der Waals surface area contributed by atoms with Gasteiger partial charge in [-0.25, -0.2) is 4.39 Å². The fraction of sp³-hybridized carbons (Fsp3) is 0.417. The molecule has 1 aromatic carbocycles. The monoisotopic (exact) mass is 270 g/mol. The third-order valence-corrected chi connectivity index (χ3v) is 2.54. The number of carbonyl (C=O) groups is 1. The number of nitro groups is 1. The summed E-state index contributed by atoms with van der Waals surface area (Å²) in [7, 11) is 0. The van der Waals surface area contributed by atoms with Gasteiger partial charge in [0.05, 0.1) is 16.6 Å². The molecule has 2 N–H and O–H groups in total. The minimum absolute atomic E-state index is 0.0369. The summed E-state index contributed by atoms with van der Waals surface area (Å²) in [5, 5.41) is 22.1. The first-order valence-electron chi connectivity index (χ1n) is 5.73. The molecule has 0 radical (unpaired) electrons. The normalized spacial score (nSPS) is 12.0. The second-order valence-electron chi connectivity index (χ2n) is 4.27. The molecule has 0 spiro atoms. The van der Waals surface area contributed by atoms with Crippen molar-refractivity contribution >= 4 is 11.6 Å². The van der Waals surface area contributed by atoms with Gasteiger partial charge in [-0.05, 0) is 25.8 Å². The van der Waals surface area contributed by atoms with E-state index in [-0.39, 0.29) is 23.4 Å². The van der Waals surface area contributed by atoms with Crippen LogP contribution < -0.4 is 5.32 Å². The van der Waals surface area contributed by atoms with Gasteiger partial charge in [0.2, 0.25) is 0 Å². The van der Waals surface area contributed by atoms with Crippen LogP contribution in [0.15, 0.2) is 12.1 Å². The first kappa shape index (κ1) is 15.0. The fourth-order valence-corrected chi connectivity index (χ4v) is 1.51. The van der Waals surface area contributed by atoms with E-state index < -0.39 is 22.8 Å². The average molecular weight is 270 g/mol. The molecule has 0 aromatic heterocycles. The Bertz CT molecular complexity index is 503. The molecule has 1 aromatic rings. The molecular formula is C12H15FN2O4. The van der Waals surface area contributed by atoms with Crippen molar-refractivity contribution in [1.82, 2.24) is 5.32 Å². The zero-order valence-electron chi connectivity index (χ0n) is 10.6. The van der Waals surface area contributed by atoms with E-state index in [4.69, 9.17) is 5.11 Å². The van der Waals surface area contributed by atoms with E-state index in [2.05, 4.69) is 5.32 Å². The number of aliphatic hydroxyl groups is 1. The lowest BCUT2D eigenvalue weighted by Crippen LogP contribution is -2.27. The summed E-state index contributed by atoms with van der Waals surface area (Å²) in [5.74, 6) is -1.51. The van der Waals surface area contributed by atoms with Crippen LogP contribution >= 0.6 is 0 Å². The second-order valence-corrected chi connectivity index (χ2v) is 4.27. The van der Waals surface area contributed by atoms with Crippen molar-refractivity contribution in [2.24, 2.45) is 0 Å². The van der Waals surface area contributed by atoms with Gasteiger partial charge < -0.3 is 10.4 Å². The summed E-state index contributed by atoms with van der Waals surface area (Å²) in [6, 6.07) is 1.97. The third kappa shape index (κ3) is 3.99. The molecule has 7 heteroatoms. The average Bonchev–Trinajstić information content (AvgIpc) is 2.31. The lowest BCUT2D eigenvalue weighted by molar-refractivity contribution is -0.385. The van der Waals surface area contributed by atoms with E-state index in [0.717, 1.165) is 12.1 Å². The van der Waals surface area contributed by atoms with Crippen LogP contribution in [0.25, 0.3) is 0 Å². The molecular weight excluding hydrogens is 255 g/mol. The van der Waals surface area contributed by atoms with Gasteiger partial charge in [-0.2, -0.15) is 0 Å². The first-order valence-corrected chi connectivity index (χ1v) is 5.73. The molecule has 1 atom stereocenters. The lowest BCUT2D eigenvalue weighted by Gasteiger charge is -2.08. The number of rotatable bonds is 5. The second kappa shape index (κ2) is 6.24. The molecule has 0 fully saturated rings. The van der Waals surface area contributed by atoms with Gasteiger partial charge in [0.25, 0.3) is 11.6 Å². The maximum Gasteiger partial charge on any atom is 0.270 e. The molecule has 6 nitrogen and oxygen atoms in total. The highest BCUT2D eigenvalue weighted by molar-refractivity contribution is 5.95. The molecule has 0 heterocycles. The van der Waals surface area contributed by atoms with Crippen LogP contribution in [-0.4, -0.2) is 28.6 Å². The molecule has 19 heavy (non-hydrogen) atoms. The van der Waals surface area contributed by atoms with Gasteiger partial charge in [-0.15, -0.1) is 0 Å². The van der Waals surface area contributed by atoms with E-state index in [0.29, 0.717) is 6.42 Å². The number of nitro benzene ring substituents is 1. The highest BCUT2D eigenvalue weighted by Gasteiger charge is 2.19. The van der Waals surface area contributed by atoms with Gasteiger partial charge in [0, 0.05) is 18.7 Å². The van der Waals surface area contributed by atoms with Crippen molar-refractivity contribution in [3.63, 3.8) is 0 Å². The predicted octanol–water partition coefficient (Wildman–Crippen LogP) is 1.54. The van der Waals surface area contributed by atoms with Gasteiger partial charge >= 0.3 is 0 Å². The van der Waals surface area contributed by atoms with Crippen LogP contribution in [0.4, 0.5) is 10.1 Å². The number of nitrogens with one attached hydrogen (secondary N) is 1. The summed E-state index contributed by atoms with van der Waals surface area (Å²) in [5.41, 5.74) is -0.660. The Hall–Kier alpha value is -2.02. The maximum atomic E-state index is 13.7. The van der Waals surface area contributed by atoms with Crippen LogP contribution in [0.5, 0.6) is 0 Å². The number of halogens is 1. The van der Waals surface area contributed by atoms with Crippen LogP contribution in [0, 0.1) is 22.9 Å². The van der Waals surface area contributed by atoms with Gasteiger partial charge in [-0.3, -0.25) is 14.9 Å². The van der Waals surface area contributed by atoms with Crippen LogP contribution in [-0.2, 0) is 0 Å². The van der Waals surface area contributed by atoms with Gasteiger partial charge in [-0.1, -0.05) is 0 Å². The summed E-state index contributed by atoms with van der Waals surface area (Å²) in [4.78, 5) is 21.7. The Labute approximate surface area is 109 Å². The summed E-state index contributed by atoms with van der Waals surface area (Å²) < 4.78 is 13.7. The summed E-state index contributed by atoms with van der Waals surface area (Å²) in [6.07, 6.45) is -0.265. The minimum Gasteiger partial charge on any atom is -0.393 e. The van der Waals surface area contributed by atoms with Crippen molar-refractivity contribution in [3.05, 3.63) is 39.2 Å². The zero-order valence-corrected chi connectivity index (χ0v) is 10.6. The smallest absolute Gasteiger partial charge is 0.270 e. The fourth-order valence-electron chi connectivity index (χ4n) is 1.51. The van der Waals surface area contributed by atoms with Gasteiger partial charge in [0.1, 0.15) is 5.82 Å². The number of nitrogens with zero attached hydrogens (tertiary/aromatic N) is 1. The number of non-ortho nitro benzene ring substituents is 1. The molecule has 1 amide bonds. The van der Waals surface area contributed by atoms with Crippen molar-refractivity contribution in [3.8, 4) is 0 Å². The van der Waals surface area contributed by atoms with E-state index in [9.17, 15) is 19.3 Å². The quantitative estimate of drug-likeness (QED) is 0.627. The highest BCUT2D eigenvalue weighted by atomic mass is 19.1. The summed E-state index contributed by atoms with van der Waals surface area (Å²) >= 11 is 0. The number of aryl methyl sites for hydroxylation is 1. The summed E-state index contributed by atoms with van der Waals surface area (Å²) in [6.45, 7) is 3.08. The molecule has 0 aliphatic carbocycles. The number of benzene rings is 1. The molecule has 0 aliphatic rings. The molecule has 0 bridgehead atoms.